The Morgan fingerprint density at radius 3 is 2.21 bits per heavy atom. The van der Waals surface area contributed by atoms with E-state index in [-0.39, 0.29) is 5.69 Å². The van der Waals surface area contributed by atoms with Gasteiger partial charge in [-0.15, -0.1) is 0 Å². The molecule has 0 heterocycles. The molecule has 0 saturated heterocycles. The van der Waals surface area contributed by atoms with E-state index in [0.29, 0.717) is 10.8 Å². The normalized spacial score (nSPS) is 10.4. The Morgan fingerprint density at radius 1 is 1.05 bits per heavy atom. The van der Waals surface area contributed by atoms with Crippen LogP contribution < -0.4 is 4.90 Å². The van der Waals surface area contributed by atoms with Gasteiger partial charge in [0.2, 0.25) is 0 Å². The highest BCUT2D eigenvalue weighted by Crippen LogP contribution is 2.42. The van der Waals surface area contributed by atoms with Crippen LogP contribution in [-0.4, -0.2) is 23.9 Å². The van der Waals surface area contributed by atoms with Gasteiger partial charge in [0.1, 0.15) is 5.69 Å². The summed E-state index contributed by atoms with van der Waals surface area (Å²) in [6.07, 6.45) is 0. The van der Waals surface area contributed by atoms with Crippen molar-refractivity contribution in [2.75, 3.05) is 19.0 Å². The molecule has 0 spiro atoms. The van der Waals surface area contributed by atoms with Gasteiger partial charge in [0, 0.05) is 25.5 Å². The Morgan fingerprint density at radius 2 is 1.68 bits per heavy atom. The van der Waals surface area contributed by atoms with Gasteiger partial charge in [-0.05, 0) is 5.39 Å². The zero-order valence-corrected chi connectivity index (χ0v) is 10.4. The van der Waals surface area contributed by atoms with Gasteiger partial charge in [-0.2, -0.15) is 0 Å². The molecule has 0 aliphatic heterocycles. The molecule has 19 heavy (non-hydrogen) atoms. The van der Waals surface area contributed by atoms with Gasteiger partial charge in [0.25, 0.3) is 0 Å². The Bertz CT molecular complexity index is 682. The lowest BCUT2D eigenvalue weighted by Gasteiger charge is -2.15. The van der Waals surface area contributed by atoms with Crippen molar-refractivity contribution < 1.29 is 9.85 Å². The van der Waals surface area contributed by atoms with Crippen molar-refractivity contribution in [3.8, 4) is 0 Å². The SMILES string of the molecule is CN(C)c1c([N+](=O)[O-])c([N+](=O)[O-])cc2ccccc12. The van der Waals surface area contributed by atoms with Gasteiger partial charge in [0.05, 0.1) is 9.85 Å². The van der Waals surface area contributed by atoms with E-state index in [4.69, 9.17) is 0 Å². The van der Waals surface area contributed by atoms with Crippen LogP contribution >= 0.6 is 0 Å². The predicted octanol–water partition coefficient (Wildman–Crippen LogP) is 2.72. The first kappa shape index (κ1) is 12.7. The zero-order chi connectivity index (χ0) is 14.2. The molecule has 0 saturated carbocycles. The number of rotatable bonds is 3. The molecular formula is C12H11N3O4. The van der Waals surface area contributed by atoms with Crippen molar-refractivity contribution in [2.45, 2.75) is 0 Å². The second-order valence-electron chi connectivity index (χ2n) is 4.22. The standard InChI is InChI=1S/C12H11N3O4/c1-13(2)11-9-6-4-3-5-8(9)7-10(14(16)17)12(11)15(18)19/h3-7H,1-2H3. The largest absolute Gasteiger partial charge is 0.371 e. The van der Waals surface area contributed by atoms with E-state index in [2.05, 4.69) is 0 Å². The lowest BCUT2D eigenvalue weighted by atomic mass is 10.1. The Labute approximate surface area is 108 Å². The maximum atomic E-state index is 11.2. The average molecular weight is 261 g/mol. The van der Waals surface area contributed by atoms with E-state index >= 15 is 0 Å². The molecule has 2 rings (SSSR count). The molecule has 0 fully saturated rings. The van der Waals surface area contributed by atoms with Gasteiger partial charge in [-0.25, -0.2) is 0 Å². The number of anilines is 1. The van der Waals surface area contributed by atoms with Crippen molar-refractivity contribution in [1.29, 1.82) is 0 Å². The Hall–Kier alpha value is -2.70. The first-order valence-electron chi connectivity index (χ1n) is 5.45. The summed E-state index contributed by atoms with van der Waals surface area (Å²) in [4.78, 5) is 22.3. The van der Waals surface area contributed by atoms with E-state index in [1.54, 1.807) is 38.4 Å². The van der Waals surface area contributed by atoms with Crippen molar-refractivity contribution in [2.24, 2.45) is 0 Å². The molecule has 0 bridgehead atoms. The number of hydrogen-bond acceptors (Lipinski definition) is 5. The number of nitro groups is 2. The lowest BCUT2D eigenvalue weighted by Crippen LogP contribution is -2.13. The third-order valence-electron chi connectivity index (χ3n) is 2.80. The van der Waals surface area contributed by atoms with Crippen molar-refractivity contribution in [3.05, 3.63) is 50.6 Å². The fourth-order valence-corrected chi connectivity index (χ4v) is 2.07. The van der Waals surface area contributed by atoms with E-state index in [1.165, 1.54) is 11.0 Å². The van der Waals surface area contributed by atoms with E-state index in [0.717, 1.165) is 0 Å². The highest BCUT2D eigenvalue weighted by molar-refractivity contribution is 6.02. The molecule has 7 heteroatoms. The number of fused-ring (bicyclic) bond motifs is 1. The number of hydrogen-bond donors (Lipinski definition) is 0. The Balaban J connectivity index is 3.00. The molecule has 0 atom stereocenters. The van der Waals surface area contributed by atoms with Crippen molar-refractivity contribution in [3.63, 3.8) is 0 Å². The van der Waals surface area contributed by atoms with Crippen LogP contribution in [-0.2, 0) is 0 Å². The lowest BCUT2D eigenvalue weighted by molar-refractivity contribution is -0.421. The van der Waals surface area contributed by atoms with Crippen molar-refractivity contribution >= 4 is 27.8 Å². The minimum atomic E-state index is -0.725. The summed E-state index contributed by atoms with van der Waals surface area (Å²) >= 11 is 0. The molecular weight excluding hydrogens is 250 g/mol. The highest BCUT2D eigenvalue weighted by Gasteiger charge is 2.31. The third kappa shape index (κ3) is 2.05. The quantitative estimate of drug-likeness (QED) is 0.626. The van der Waals surface area contributed by atoms with Crippen LogP contribution in [0, 0.1) is 20.2 Å². The minimum absolute atomic E-state index is 0.245. The van der Waals surface area contributed by atoms with Gasteiger partial charge in [-0.3, -0.25) is 20.2 Å². The van der Waals surface area contributed by atoms with Crippen LogP contribution in [0.15, 0.2) is 30.3 Å². The molecule has 98 valence electrons. The minimum Gasteiger partial charge on any atom is -0.371 e. The van der Waals surface area contributed by atoms with Gasteiger partial charge in [-0.1, -0.05) is 24.3 Å². The topological polar surface area (TPSA) is 89.5 Å². The fourth-order valence-electron chi connectivity index (χ4n) is 2.07. The summed E-state index contributed by atoms with van der Waals surface area (Å²) in [5.74, 6) is 0. The molecule has 0 radical (unpaired) electrons. The summed E-state index contributed by atoms with van der Waals surface area (Å²) in [6.45, 7) is 0. The van der Waals surface area contributed by atoms with Gasteiger partial charge >= 0.3 is 11.4 Å². The van der Waals surface area contributed by atoms with Crippen LogP contribution in [0.2, 0.25) is 0 Å². The highest BCUT2D eigenvalue weighted by atomic mass is 16.6. The first-order chi connectivity index (χ1) is 8.93. The predicted molar refractivity (Wildman–Crippen MR) is 71.6 cm³/mol. The average Bonchev–Trinajstić information content (AvgIpc) is 2.35. The number of nitrogens with zero attached hydrogens (tertiary/aromatic N) is 3. The zero-order valence-electron chi connectivity index (χ0n) is 10.4. The molecule has 7 nitrogen and oxygen atoms in total. The molecule has 0 amide bonds. The van der Waals surface area contributed by atoms with Crippen LogP contribution in [0.4, 0.5) is 17.1 Å². The third-order valence-corrected chi connectivity index (χ3v) is 2.80. The second-order valence-corrected chi connectivity index (χ2v) is 4.22. The van der Waals surface area contributed by atoms with Gasteiger partial charge < -0.3 is 4.90 Å². The van der Waals surface area contributed by atoms with E-state index < -0.39 is 21.2 Å². The number of benzene rings is 2. The molecule has 2 aromatic carbocycles. The molecule has 0 aliphatic carbocycles. The summed E-state index contributed by atoms with van der Waals surface area (Å²) in [7, 11) is 3.25. The molecule has 2 aromatic rings. The second kappa shape index (κ2) is 4.52. The Kier molecular flexibility index (Phi) is 3.04. The van der Waals surface area contributed by atoms with Gasteiger partial charge in [0.15, 0.2) is 0 Å². The van der Waals surface area contributed by atoms with Crippen LogP contribution in [0.5, 0.6) is 0 Å². The van der Waals surface area contributed by atoms with Crippen LogP contribution in [0.3, 0.4) is 0 Å². The molecule has 0 N–H and O–H groups in total. The first-order valence-corrected chi connectivity index (χ1v) is 5.45. The van der Waals surface area contributed by atoms with Crippen molar-refractivity contribution in [1.82, 2.24) is 0 Å². The van der Waals surface area contributed by atoms with Crippen LogP contribution in [0.25, 0.3) is 10.8 Å². The summed E-state index contributed by atoms with van der Waals surface area (Å²) in [6, 6.07) is 8.11. The summed E-state index contributed by atoms with van der Waals surface area (Å²) in [5.41, 5.74) is -0.726. The van der Waals surface area contributed by atoms with Crippen LogP contribution in [0.1, 0.15) is 0 Å². The summed E-state index contributed by atoms with van der Waals surface area (Å²) < 4.78 is 0. The molecule has 0 aromatic heterocycles. The molecule has 0 aliphatic rings. The maximum Gasteiger partial charge on any atom is 0.369 e. The van der Waals surface area contributed by atoms with E-state index in [9.17, 15) is 20.2 Å². The number of nitro benzene ring substituents is 2. The van der Waals surface area contributed by atoms with E-state index in [1.807, 2.05) is 0 Å². The monoisotopic (exact) mass is 261 g/mol. The fraction of sp³-hybridized carbons (Fsp3) is 0.167. The maximum absolute atomic E-state index is 11.2. The molecule has 0 unspecified atom stereocenters. The smallest absolute Gasteiger partial charge is 0.369 e. The summed E-state index contributed by atoms with van der Waals surface area (Å²) in [5, 5.41) is 23.4.